The number of hydrogen-bond acceptors (Lipinski definition) is 4. The Labute approximate surface area is 110 Å². The molecule has 0 radical (unpaired) electrons. The summed E-state index contributed by atoms with van der Waals surface area (Å²) in [6, 6.07) is 7.04. The summed E-state index contributed by atoms with van der Waals surface area (Å²) in [5, 5.41) is 8.87. The highest BCUT2D eigenvalue weighted by Crippen LogP contribution is 2.26. The van der Waals surface area contributed by atoms with E-state index in [0.29, 0.717) is 22.9 Å². The van der Waals surface area contributed by atoms with Crippen molar-refractivity contribution in [1.29, 1.82) is 0 Å². The van der Waals surface area contributed by atoms with Gasteiger partial charge >= 0.3 is 5.97 Å². The molecule has 2 aromatic rings. The third kappa shape index (κ3) is 3.28. The largest absolute Gasteiger partial charge is 0.481 e. The number of para-hydroxylation sites is 1. The topological polar surface area (TPSA) is 72.3 Å². The van der Waals surface area contributed by atoms with Crippen LogP contribution in [0.25, 0.3) is 0 Å². The van der Waals surface area contributed by atoms with Crippen LogP contribution >= 0.6 is 0 Å². The molecular formula is C14H14N2O3. The fourth-order valence-electron chi connectivity index (χ4n) is 1.70. The van der Waals surface area contributed by atoms with Crippen LogP contribution < -0.4 is 4.74 Å². The first kappa shape index (κ1) is 13.0. The van der Waals surface area contributed by atoms with Crippen molar-refractivity contribution in [2.45, 2.75) is 20.3 Å². The van der Waals surface area contributed by atoms with Gasteiger partial charge in [0.15, 0.2) is 5.75 Å². The van der Waals surface area contributed by atoms with E-state index in [-0.39, 0.29) is 6.42 Å². The molecule has 19 heavy (non-hydrogen) atoms. The standard InChI is InChI=1S/C14H14N2O3/c1-9-13(8-15-10(2)16-9)19-12-6-4-3-5-11(12)7-14(17)18/h3-6,8H,7H2,1-2H3,(H,17,18). The molecule has 0 aliphatic rings. The highest BCUT2D eigenvalue weighted by molar-refractivity contribution is 5.71. The first-order valence-electron chi connectivity index (χ1n) is 5.84. The summed E-state index contributed by atoms with van der Waals surface area (Å²) in [5.41, 5.74) is 1.34. The number of benzene rings is 1. The van der Waals surface area contributed by atoms with Gasteiger partial charge in [0.2, 0.25) is 0 Å². The van der Waals surface area contributed by atoms with Gasteiger partial charge in [-0.15, -0.1) is 0 Å². The maximum Gasteiger partial charge on any atom is 0.307 e. The maximum absolute atomic E-state index is 10.8. The second-order valence-electron chi connectivity index (χ2n) is 4.15. The lowest BCUT2D eigenvalue weighted by molar-refractivity contribution is -0.136. The number of carboxylic acid groups (broad SMARTS) is 1. The lowest BCUT2D eigenvalue weighted by Crippen LogP contribution is -2.02. The molecule has 1 aromatic carbocycles. The van der Waals surface area contributed by atoms with E-state index in [9.17, 15) is 4.79 Å². The Morgan fingerprint density at radius 2 is 2.00 bits per heavy atom. The van der Waals surface area contributed by atoms with Gasteiger partial charge in [0.25, 0.3) is 0 Å². The molecule has 0 atom stereocenters. The van der Waals surface area contributed by atoms with Gasteiger partial charge in [-0.05, 0) is 19.9 Å². The van der Waals surface area contributed by atoms with Gasteiger partial charge in [-0.1, -0.05) is 18.2 Å². The Hall–Kier alpha value is -2.43. The molecule has 0 aliphatic heterocycles. The molecule has 0 spiro atoms. The van der Waals surface area contributed by atoms with E-state index in [2.05, 4.69) is 9.97 Å². The monoisotopic (exact) mass is 258 g/mol. The fraction of sp³-hybridized carbons (Fsp3) is 0.214. The van der Waals surface area contributed by atoms with E-state index in [1.54, 1.807) is 37.4 Å². The molecule has 0 saturated carbocycles. The number of carbonyl (C=O) groups is 1. The van der Waals surface area contributed by atoms with Crippen molar-refractivity contribution in [3.8, 4) is 11.5 Å². The Balaban J connectivity index is 2.30. The van der Waals surface area contributed by atoms with E-state index < -0.39 is 5.97 Å². The first-order valence-corrected chi connectivity index (χ1v) is 5.84. The van der Waals surface area contributed by atoms with Gasteiger partial charge in [-0.2, -0.15) is 0 Å². The highest BCUT2D eigenvalue weighted by atomic mass is 16.5. The van der Waals surface area contributed by atoms with Gasteiger partial charge in [0, 0.05) is 5.56 Å². The lowest BCUT2D eigenvalue weighted by atomic mass is 10.1. The number of nitrogens with zero attached hydrogens (tertiary/aromatic N) is 2. The number of hydrogen-bond donors (Lipinski definition) is 1. The zero-order valence-electron chi connectivity index (χ0n) is 10.8. The van der Waals surface area contributed by atoms with E-state index >= 15 is 0 Å². The molecular weight excluding hydrogens is 244 g/mol. The predicted molar refractivity (Wildman–Crippen MR) is 69.4 cm³/mol. The molecule has 0 fully saturated rings. The lowest BCUT2D eigenvalue weighted by Gasteiger charge is -2.11. The summed E-state index contributed by atoms with van der Waals surface area (Å²) >= 11 is 0. The van der Waals surface area contributed by atoms with Crippen LogP contribution in [0.2, 0.25) is 0 Å². The van der Waals surface area contributed by atoms with E-state index in [1.165, 1.54) is 0 Å². The van der Waals surface area contributed by atoms with Crippen LogP contribution in [0, 0.1) is 13.8 Å². The zero-order valence-corrected chi connectivity index (χ0v) is 10.8. The van der Waals surface area contributed by atoms with Crippen molar-refractivity contribution in [3.05, 3.63) is 47.5 Å². The molecule has 1 N–H and O–H groups in total. The number of ether oxygens (including phenoxy) is 1. The van der Waals surface area contributed by atoms with E-state index in [0.717, 1.165) is 5.69 Å². The summed E-state index contributed by atoms with van der Waals surface area (Å²) in [5.74, 6) is 0.820. The molecule has 5 heteroatoms. The molecule has 1 aromatic heterocycles. The minimum Gasteiger partial charge on any atom is -0.481 e. The number of aryl methyl sites for hydroxylation is 2. The van der Waals surface area contributed by atoms with Crippen LogP contribution in [-0.2, 0) is 11.2 Å². The van der Waals surface area contributed by atoms with Crippen molar-refractivity contribution in [3.63, 3.8) is 0 Å². The normalized spacial score (nSPS) is 10.2. The highest BCUT2D eigenvalue weighted by Gasteiger charge is 2.10. The maximum atomic E-state index is 10.8. The number of carboxylic acids is 1. The van der Waals surface area contributed by atoms with Gasteiger partial charge in [-0.25, -0.2) is 9.97 Å². The third-order valence-corrected chi connectivity index (χ3v) is 2.59. The van der Waals surface area contributed by atoms with Crippen LogP contribution in [0.3, 0.4) is 0 Å². The van der Waals surface area contributed by atoms with E-state index in [1.807, 2.05) is 6.92 Å². The summed E-state index contributed by atoms with van der Waals surface area (Å²) in [7, 11) is 0. The van der Waals surface area contributed by atoms with Gasteiger partial charge in [0.1, 0.15) is 11.6 Å². The number of aliphatic carboxylic acids is 1. The summed E-state index contributed by atoms with van der Waals surface area (Å²) in [6.45, 7) is 3.62. The van der Waals surface area contributed by atoms with Crippen molar-refractivity contribution in [1.82, 2.24) is 9.97 Å². The Morgan fingerprint density at radius 3 is 2.68 bits per heavy atom. The molecule has 98 valence electrons. The number of aromatic nitrogens is 2. The summed E-state index contributed by atoms with van der Waals surface area (Å²) in [4.78, 5) is 19.1. The van der Waals surface area contributed by atoms with Crippen molar-refractivity contribution in [2.75, 3.05) is 0 Å². The quantitative estimate of drug-likeness (QED) is 0.912. The average Bonchev–Trinajstić information content (AvgIpc) is 2.34. The molecule has 5 nitrogen and oxygen atoms in total. The molecule has 0 saturated heterocycles. The smallest absolute Gasteiger partial charge is 0.307 e. The molecule has 0 aliphatic carbocycles. The van der Waals surface area contributed by atoms with Crippen LogP contribution in [0.5, 0.6) is 11.5 Å². The van der Waals surface area contributed by atoms with Gasteiger partial charge < -0.3 is 9.84 Å². The fourth-order valence-corrected chi connectivity index (χ4v) is 1.70. The minimum absolute atomic E-state index is 0.0814. The molecule has 0 unspecified atom stereocenters. The Bertz CT molecular complexity index is 611. The molecule has 0 amide bonds. The van der Waals surface area contributed by atoms with Crippen LogP contribution in [0.15, 0.2) is 30.5 Å². The van der Waals surface area contributed by atoms with Gasteiger partial charge in [0.05, 0.1) is 18.3 Å². The second-order valence-corrected chi connectivity index (χ2v) is 4.15. The summed E-state index contributed by atoms with van der Waals surface area (Å²) < 4.78 is 5.71. The summed E-state index contributed by atoms with van der Waals surface area (Å²) in [6.07, 6.45) is 1.51. The van der Waals surface area contributed by atoms with Crippen molar-refractivity contribution in [2.24, 2.45) is 0 Å². The zero-order chi connectivity index (χ0) is 13.8. The van der Waals surface area contributed by atoms with Crippen LogP contribution in [0.1, 0.15) is 17.1 Å². The predicted octanol–water partition coefficient (Wildman–Crippen LogP) is 2.51. The molecule has 2 rings (SSSR count). The van der Waals surface area contributed by atoms with Gasteiger partial charge in [-0.3, -0.25) is 4.79 Å². The van der Waals surface area contributed by atoms with E-state index in [4.69, 9.17) is 9.84 Å². The Kier molecular flexibility index (Phi) is 3.75. The SMILES string of the molecule is Cc1ncc(Oc2ccccc2CC(=O)O)c(C)n1. The van der Waals surface area contributed by atoms with Crippen molar-refractivity contribution < 1.29 is 14.6 Å². The molecule has 0 bridgehead atoms. The average molecular weight is 258 g/mol. The van der Waals surface area contributed by atoms with Crippen molar-refractivity contribution >= 4 is 5.97 Å². The van der Waals surface area contributed by atoms with Crippen LogP contribution in [0.4, 0.5) is 0 Å². The molecule has 1 heterocycles. The second kappa shape index (κ2) is 5.48. The minimum atomic E-state index is -0.895. The third-order valence-electron chi connectivity index (χ3n) is 2.59. The Morgan fingerprint density at radius 1 is 1.26 bits per heavy atom. The first-order chi connectivity index (χ1) is 9.06. The number of rotatable bonds is 4. The van der Waals surface area contributed by atoms with Crippen LogP contribution in [-0.4, -0.2) is 21.0 Å².